The summed E-state index contributed by atoms with van der Waals surface area (Å²) in [5.41, 5.74) is 15.1. The van der Waals surface area contributed by atoms with Crippen molar-refractivity contribution in [3.63, 3.8) is 0 Å². The Morgan fingerprint density at radius 3 is 1.29 bits per heavy atom. The molecular weight excluding hydrogens is 948 g/mol. The minimum atomic E-state index is -0.666. The molecule has 8 rings (SSSR count). The fourth-order valence-corrected chi connectivity index (χ4v) is 12.7. The van der Waals surface area contributed by atoms with E-state index in [1.54, 1.807) is 0 Å². The SMILES string of the molecule is CCC(CC)(c1ccc(/C=C/C2(O)CCCCCC2)c(C)c1)c1ccc(-c2ccc(COC=O)cc2)c(C)c1.CCC(CC)(c1ccc(/C=C/C2(O)CCCCCC2)c(C)c1)c1ccc(B2OC(C)(C)C(C)(C)O2)c(C)c1. The summed E-state index contributed by atoms with van der Waals surface area (Å²) in [6, 6.07) is 35.8. The van der Waals surface area contributed by atoms with Crippen molar-refractivity contribution in [2.45, 2.75) is 226 Å². The van der Waals surface area contributed by atoms with Gasteiger partial charge >= 0.3 is 7.12 Å². The number of benzene rings is 5. The summed E-state index contributed by atoms with van der Waals surface area (Å²) in [6.45, 7) is 27.1. The van der Waals surface area contributed by atoms with Gasteiger partial charge in [-0.1, -0.05) is 206 Å². The smallest absolute Gasteiger partial charge is 0.463 e. The second kappa shape index (κ2) is 25.4. The van der Waals surface area contributed by atoms with Gasteiger partial charge in [0.2, 0.25) is 0 Å². The van der Waals surface area contributed by atoms with Crippen LogP contribution in [0.2, 0.25) is 0 Å². The Bertz CT molecular complexity index is 2790. The molecule has 2 N–H and O–H groups in total. The highest BCUT2D eigenvalue weighted by Gasteiger charge is 2.52. The van der Waals surface area contributed by atoms with Crippen LogP contribution in [-0.2, 0) is 36.3 Å². The minimum Gasteiger partial charge on any atom is -0.463 e. The van der Waals surface area contributed by atoms with E-state index in [-0.39, 0.29) is 29.2 Å². The molecule has 0 radical (unpaired) electrons. The lowest BCUT2D eigenvalue weighted by Crippen LogP contribution is -2.41. The minimum absolute atomic E-state index is 0.0637. The van der Waals surface area contributed by atoms with E-state index in [1.165, 1.54) is 86.9 Å². The maximum Gasteiger partial charge on any atom is 0.495 e. The number of hydrogen-bond acceptors (Lipinski definition) is 6. The van der Waals surface area contributed by atoms with Crippen LogP contribution in [0.3, 0.4) is 0 Å². The normalized spacial score (nSPS) is 18.4. The predicted molar refractivity (Wildman–Crippen MR) is 323 cm³/mol. The molecule has 1 aliphatic heterocycles. The van der Waals surface area contributed by atoms with E-state index in [1.807, 2.05) is 12.1 Å². The van der Waals surface area contributed by atoms with Crippen LogP contribution in [0.4, 0.5) is 0 Å². The van der Waals surface area contributed by atoms with Crippen molar-refractivity contribution >= 4 is 31.2 Å². The second-order valence-electron chi connectivity index (χ2n) is 24.2. The number of carbonyl (C=O) groups excluding carboxylic acids is 1. The molecule has 0 bridgehead atoms. The van der Waals surface area contributed by atoms with Gasteiger partial charge in [-0.15, -0.1) is 0 Å². The zero-order valence-corrected chi connectivity index (χ0v) is 49.2. The molecule has 0 aromatic heterocycles. The van der Waals surface area contributed by atoms with Crippen molar-refractivity contribution in [1.82, 2.24) is 0 Å². The van der Waals surface area contributed by atoms with Gasteiger partial charge in [0.25, 0.3) is 6.47 Å². The number of hydrogen-bond donors (Lipinski definition) is 2. The first-order chi connectivity index (χ1) is 36.7. The van der Waals surface area contributed by atoms with Crippen LogP contribution in [0, 0.1) is 27.7 Å². The third kappa shape index (κ3) is 13.5. The molecule has 1 saturated heterocycles. The fraction of sp³-hybridized carbons (Fsp3) is 0.500. The average Bonchev–Trinajstić information content (AvgIpc) is 3.71. The number of carbonyl (C=O) groups is 1. The van der Waals surface area contributed by atoms with E-state index >= 15 is 0 Å². The molecule has 412 valence electrons. The summed E-state index contributed by atoms with van der Waals surface area (Å²) < 4.78 is 17.6. The van der Waals surface area contributed by atoms with Crippen molar-refractivity contribution in [3.05, 3.63) is 170 Å². The Balaban J connectivity index is 0.000000224. The third-order valence-electron chi connectivity index (χ3n) is 18.8. The quantitative estimate of drug-likeness (QED) is 0.0548. The molecule has 3 fully saturated rings. The van der Waals surface area contributed by atoms with Crippen molar-refractivity contribution in [2.24, 2.45) is 0 Å². The summed E-state index contributed by atoms with van der Waals surface area (Å²) in [4.78, 5) is 10.5. The lowest BCUT2D eigenvalue weighted by atomic mass is 9.68. The molecule has 2 saturated carbocycles. The van der Waals surface area contributed by atoms with Crippen LogP contribution in [0.1, 0.15) is 219 Å². The van der Waals surface area contributed by atoms with Gasteiger partial charge in [0.1, 0.15) is 6.61 Å². The molecule has 5 aromatic rings. The Labute approximate surface area is 465 Å². The van der Waals surface area contributed by atoms with E-state index in [9.17, 15) is 15.0 Å². The van der Waals surface area contributed by atoms with Gasteiger partial charge in [-0.05, 0) is 179 Å². The summed E-state index contributed by atoms with van der Waals surface area (Å²) in [5, 5.41) is 22.2. The summed E-state index contributed by atoms with van der Waals surface area (Å²) in [5.74, 6) is 0. The number of aliphatic hydroxyl groups is 2. The lowest BCUT2D eigenvalue weighted by Gasteiger charge is -2.34. The van der Waals surface area contributed by atoms with E-state index in [4.69, 9.17) is 14.0 Å². The first-order valence-corrected chi connectivity index (χ1v) is 29.5. The molecule has 6 nitrogen and oxygen atoms in total. The molecule has 0 amide bonds. The number of rotatable bonds is 17. The maximum atomic E-state index is 11.1. The molecule has 2 aliphatic carbocycles. The molecule has 77 heavy (non-hydrogen) atoms. The maximum absolute atomic E-state index is 11.1. The van der Waals surface area contributed by atoms with Crippen molar-refractivity contribution < 1.29 is 29.1 Å². The monoisotopic (exact) mass is 1040 g/mol. The van der Waals surface area contributed by atoms with Gasteiger partial charge in [-0.3, -0.25) is 4.79 Å². The van der Waals surface area contributed by atoms with E-state index in [0.717, 1.165) is 93.6 Å². The largest absolute Gasteiger partial charge is 0.495 e. The molecular formula is C70H93BO6. The zero-order valence-electron chi connectivity index (χ0n) is 49.2. The van der Waals surface area contributed by atoms with Crippen molar-refractivity contribution in [2.75, 3.05) is 0 Å². The number of aryl methyl sites for hydroxylation is 4. The van der Waals surface area contributed by atoms with Crippen LogP contribution < -0.4 is 5.46 Å². The van der Waals surface area contributed by atoms with Gasteiger partial charge in [0.05, 0.1) is 22.4 Å². The highest BCUT2D eigenvalue weighted by Crippen LogP contribution is 2.44. The topological polar surface area (TPSA) is 85.2 Å². The molecule has 1 heterocycles. The van der Waals surface area contributed by atoms with Gasteiger partial charge in [-0.2, -0.15) is 0 Å². The van der Waals surface area contributed by atoms with Gasteiger partial charge < -0.3 is 24.3 Å². The third-order valence-corrected chi connectivity index (χ3v) is 18.8. The summed E-state index contributed by atoms with van der Waals surface area (Å²) in [7, 11) is -0.344. The lowest BCUT2D eigenvalue weighted by molar-refractivity contribution is -0.129. The van der Waals surface area contributed by atoms with Crippen LogP contribution >= 0.6 is 0 Å². The summed E-state index contributed by atoms with van der Waals surface area (Å²) in [6.07, 6.45) is 25.3. The van der Waals surface area contributed by atoms with Crippen LogP contribution in [0.25, 0.3) is 23.3 Å². The van der Waals surface area contributed by atoms with Crippen LogP contribution in [0.5, 0.6) is 0 Å². The standard InChI is InChI=1S/C36H44O3.C34H49BO3/c1-5-36(6-2,32-16-15-30(27(3)23-32)19-22-35(38)20-9-7-8-10-21-35)33-17-18-34(28(4)24-33)31-13-11-29(12-14-31)25-39-26-37;1-9-34(10-2,29-17-18-30(26(4)24-29)35-37-31(5,6)32(7,8)38-35)28-16-15-27(25(3)23-28)19-22-33(36)20-13-11-12-14-21-33/h11-19,22-24,26,38H,5-10,20-21,25H2,1-4H3;15-19,22-24,36H,9-14,20-21H2,1-8H3/b2*22-19+. The highest BCUT2D eigenvalue weighted by molar-refractivity contribution is 6.62. The Morgan fingerprint density at radius 2 is 0.909 bits per heavy atom. The van der Waals surface area contributed by atoms with Crippen LogP contribution in [-0.4, -0.2) is 46.2 Å². The first-order valence-electron chi connectivity index (χ1n) is 29.5. The summed E-state index contributed by atoms with van der Waals surface area (Å²) >= 11 is 0. The first kappa shape index (κ1) is 59.6. The van der Waals surface area contributed by atoms with Crippen molar-refractivity contribution in [3.8, 4) is 11.1 Å². The van der Waals surface area contributed by atoms with Crippen LogP contribution in [0.15, 0.2) is 109 Å². The van der Waals surface area contributed by atoms with Gasteiger partial charge in [0.15, 0.2) is 0 Å². The second-order valence-corrected chi connectivity index (χ2v) is 24.2. The van der Waals surface area contributed by atoms with Gasteiger partial charge in [-0.25, -0.2) is 0 Å². The molecule has 0 atom stereocenters. The molecule has 3 aliphatic rings. The Hall–Kier alpha value is -5.05. The fourth-order valence-electron chi connectivity index (χ4n) is 12.7. The zero-order chi connectivity index (χ0) is 55.7. The van der Waals surface area contributed by atoms with E-state index in [0.29, 0.717) is 13.1 Å². The average molecular weight is 1040 g/mol. The highest BCUT2D eigenvalue weighted by atomic mass is 16.7. The molecule has 5 aromatic carbocycles. The molecule has 0 spiro atoms. The Morgan fingerprint density at radius 1 is 0.519 bits per heavy atom. The molecule has 7 heteroatoms. The van der Waals surface area contributed by atoms with Crippen molar-refractivity contribution in [1.29, 1.82) is 0 Å². The Kier molecular flexibility index (Phi) is 19.7. The van der Waals surface area contributed by atoms with E-state index in [2.05, 4.69) is 192 Å². The number of ether oxygens (including phenoxy) is 1. The van der Waals surface area contributed by atoms with E-state index < -0.39 is 11.2 Å². The van der Waals surface area contributed by atoms with Gasteiger partial charge in [0, 0.05) is 10.8 Å². The predicted octanol–water partition coefficient (Wildman–Crippen LogP) is 16.7. The molecule has 0 unspecified atom stereocenters.